The maximum atomic E-state index is 11.9. The van der Waals surface area contributed by atoms with Crippen molar-refractivity contribution in [3.05, 3.63) is 29.8 Å². The second-order valence-electron chi connectivity index (χ2n) is 5.46. The Morgan fingerprint density at radius 3 is 2.55 bits per heavy atom. The lowest BCUT2D eigenvalue weighted by molar-refractivity contribution is 0.00900. The number of benzene rings is 1. The minimum Gasteiger partial charge on any atom is -0.441 e. The predicted molar refractivity (Wildman–Crippen MR) is 77.8 cm³/mol. The maximum absolute atomic E-state index is 11.9. The third-order valence-electron chi connectivity index (χ3n) is 3.84. The van der Waals surface area contributed by atoms with Gasteiger partial charge in [0, 0.05) is 11.3 Å². The fraction of sp³-hybridized carbons (Fsp3) is 0.467. The number of ketones is 1. The number of amides is 1. The third kappa shape index (κ3) is 2.96. The van der Waals surface area contributed by atoms with Gasteiger partial charge in [0.1, 0.15) is 12.2 Å². The van der Waals surface area contributed by atoms with Gasteiger partial charge >= 0.3 is 6.09 Å². The molecule has 2 heterocycles. The van der Waals surface area contributed by atoms with E-state index in [2.05, 4.69) is 5.32 Å². The molecule has 2 aliphatic rings. The molecule has 22 heavy (non-hydrogen) atoms. The zero-order valence-electron chi connectivity index (χ0n) is 12.2. The largest absolute Gasteiger partial charge is 0.441 e. The molecule has 0 aliphatic carbocycles. The Bertz CT molecular complexity index is 574. The number of ether oxygens (including phenoxy) is 3. The van der Waals surface area contributed by atoms with Gasteiger partial charge in [0.25, 0.3) is 0 Å². The minimum atomic E-state index is -0.589. The van der Waals surface area contributed by atoms with Gasteiger partial charge in [-0.15, -0.1) is 0 Å². The molecule has 3 N–H and O–H groups in total. The van der Waals surface area contributed by atoms with Crippen LogP contribution < -0.4 is 11.1 Å². The van der Waals surface area contributed by atoms with Gasteiger partial charge in [0.2, 0.25) is 0 Å². The number of hydrogen-bond acceptors (Lipinski definition) is 6. The van der Waals surface area contributed by atoms with Crippen LogP contribution in [0, 0.1) is 0 Å². The van der Waals surface area contributed by atoms with E-state index in [9.17, 15) is 9.59 Å². The number of rotatable bonds is 3. The molecule has 0 saturated carbocycles. The molecular formula is C15H18N2O5. The zero-order chi connectivity index (χ0) is 15.7. The van der Waals surface area contributed by atoms with E-state index < -0.39 is 12.2 Å². The average Bonchev–Trinajstić information content (AvgIpc) is 3.04. The van der Waals surface area contributed by atoms with Gasteiger partial charge < -0.3 is 19.9 Å². The monoisotopic (exact) mass is 306 g/mol. The van der Waals surface area contributed by atoms with Gasteiger partial charge in [-0.2, -0.15) is 0 Å². The van der Waals surface area contributed by atoms with Crippen LogP contribution in [0.15, 0.2) is 24.3 Å². The first-order chi connectivity index (χ1) is 10.5. The first kappa shape index (κ1) is 15.0. The van der Waals surface area contributed by atoms with Crippen LogP contribution in [-0.4, -0.2) is 49.4 Å². The van der Waals surface area contributed by atoms with E-state index in [0.717, 1.165) is 0 Å². The maximum Gasteiger partial charge on any atom is 0.412 e. The summed E-state index contributed by atoms with van der Waals surface area (Å²) in [5, 5.41) is 2.61. The third-order valence-corrected chi connectivity index (χ3v) is 3.84. The molecule has 1 aromatic carbocycles. The summed E-state index contributed by atoms with van der Waals surface area (Å²) in [5.41, 5.74) is 6.97. The lowest BCUT2D eigenvalue weighted by atomic mass is 10.1. The SMILES string of the molecule is CC(=O)c1ccc(NC(=O)O[C@@H]2CO[C@H]3[C@@H]2OC[C@@H]3N)cc1. The van der Waals surface area contributed by atoms with Crippen molar-refractivity contribution in [3.63, 3.8) is 0 Å². The molecule has 7 heteroatoms. The summed E-state index contributed by atoms with van der Waals surface area (Å²) in [6, 6.07) is 6.40. The fourth-order valence-corrected chi connectivity index (χ4v) is 2.67. The number of anilines is 1. The topological polar surface area (TPSA) is 99.9 Å². The van der Waals surface area contributed by atoms with Crippen molar-refractivity contribution in [1.82, 2.24) is 0 Å². The van der Waals surface area contributed by atoms with Crippen molar-refractivity contribution >= 4 is 17.6 Å². The second-order valence-corrected chi connectivity index (χ2v) is 5.46. The fourth-order valence-electron chi connectivity index (χ4n) is 2.67. The van der Waals surface area contributed by atoms with Crippen LogP contribution in [0.3, 0.4) is 0 Å². The summed E-state index contributed by atoms with van der Waals surface area (Å²) in [5.74, 6) is -0.0296. The zero-order valence-corrected chi connectivity index (χ0v) is 12.2. The van der Waals surface area contributed by atoms with Gasteiger partial charge in [-0.3, -0.25) is 10.1 Å². The Labute approximate surface area is 127 Å². The van der Waals surface area contributed by atoms with Crippen molar-refractivity contribution in [1.29, 1.82) is 0 Å². The summed E-state index contributed by atoms with van der Waals surface area (Å²) < 4.78 is 16.3. The summed E-state index contributed by atoms with van der Waals surface area (Å²) in [6.45, 7) is 2.17. The predicted octanol–water partition coefficient (Wildman–Crippen LogP) is 0.931. The van der Waals surface area contributed by atoms with Crippen LogP contribution in [0.4, 0.5) is 10.5 Å². The molecule has 0 unspecified atom stereocenters. The molecule has 0 radical (unpaired) electrons. The molecule has 0 bridgehead atoms. The quantitative estimate of drug-likeness (QED) is 0.806. The Balaban J connectivity index is 1.55. The summed E-state index contributed by atoms with van der Waals surface area (Å²) >= 11 is 0. The number of fused-ring (bicyclic) bond motifs is 1. The number of nitrogens with one attached hydrogen (secondary N) is 1. The van der Waals surface area contributed by atoms with Crippen molar-refractivity contribution in [2.24, 2.45) is 5.73 Å². The Morgan fingerprint density at radius 2 is 1.86 bits per heavy atom. The first-order valence-corrected chi connectivity index (χ1v) is 7.12. The molecule has 2 fully saturated rings. The van der Waals surface area contributed by atoms with E-state index in [1.54, 1.807) is 24.3 Å². The van der Waals surface area contributed by atoms with E-state index in [0.29, 0.717) is 17.9 Å². The Hall–Kier alpha value is -1.96. The molecule has 3 rings (SSSR count). The molecular weight excluding hydrogens is 288 g/mol. The van der Waals surface area contributed by atoms with Crippen LogP contribution in [0.25, 0.3) is 0 Å². The average molecular weight is 306 g/mol. The molecule has 118 valence electrons. The highest BCUT2D eigenvalue weighted by molar-refractivity contribution is 5.94. The van der Waals surface area contributed by atoms with E-state index in [1.165, 1.54) is 6.92 Å². The molecule has 7 nitrogen and oxygen atoms in total. The van der Waals surface area contributed by atoms with Crippen LogP contribution in [0.5, 0.6) is 0 Å². The molecule has 1 aromatic rings. The second kappa shape index (κ2) is 6.04. The van der Waals surface area contributed by atoms with Crippen molar-refractivity contribution in [3.8, 4) is 0 Å². The number of Topliss-reactive ketones (excluding diaryl/α,β-unsaturated/α-hetero) is 1. The van der Waals surface area contributed by atoms with Crippen molar-refractivity contribution < 1.29 is 23.8 Å². The molecule has 4 atom stereocenters. The Kier molecular flexibility index (Phi) is 4.10. The van der Waals surface area contributed by atoms with Gasteiger partial charge in [0.15, 0.2) is 11.9 Å². The smallest absolute Gasteiger partial charge is 0.412 e. The van der Waals surface area contributed by atoms with Gasteiger partial charge in [-0.05, 0) is 31.2 Å². The molecule has 2 saturated heterocycles. The van der Waals surface area contributed by atoms with Crippen LogP contribution in [0.2, 0.25) is 0 Å². The molecule has 2 aliphatic heterocycles. The first-order valence-electron chi connectivity index (χ1n) is 7.12. The summed E-state index contributed by atoms with van der Waals surface area (Å²) in [4.78, 5) is 23.1. The molecule has 1 amide bonds. The standard InChI is InChI=1S/C15H18N2O5/c1-8(18)9-2-4-10(5-3-9)17-15(19)22-12-7-21-13-11(16)6-20-14(12)13/h2-5,11-14H,6-7,16H2,1H3,(H,17,19)/t11-,12+,13+,14+/m0/s1. The highest BCUT2D eigenvalue weighted by Gasteiger charge is 2.48. The molecule has 0 spiro atoms. The van der Waals surface area contributed by atoms with Crippen LogP contribution in [-0.2, 0) is 14.2 Å². The van der Waals surface area contributed by atoms with Gasteiger partial charge in [-0.1, -0.05) is 0 Å². The van der Waals surface area contributed by atoms with Crippen LogP contribution in [0.1, 0.15) is 17.3 Å². The van der Waals surface area contributed by atoms with Crippen molar-refractivity contribution in [2.75, 3.05) is 18.5 Å². The molecule has 0 aromatic heterocycles. The number of nitrogens with two attached hydrogens (primary N) is 1. The lowest BCUT2D eigenvalue weighted by Crippen LogP contribution is -2.38. The summed E-state index contributed by atoms with van der Waals surface area (Å²) in [6.07, 6.45) is -1.57. The number of carbonyl (C=O) groups excluding carboxylic acids is 2. The Morgan fingerprint density at radius 1 is 1.18 bits per heavy atom. The number of carbonyl (C=O) groups is 2. The lowest BCUT2D eigenvalue weighted by Gasteiger charge is -2.17. The van der Waals surface area contributed by atoms with Crippen molar-refractivity contribution in [2.45, 2.75) is 31.3 Å². The normalized spacial score (nSPS) is 29.9. The van der Waals surface area contributed by atoms with E-state index in [4.69, 9.17) is 19.9 Å². The van der Waals surface area contributed by atoms with Crippen LogP contribution >= 0.6 is 0 Å². The van der Waals surface area contributed by atoms with Gasteiger partial charge in [0.05, 0.1) is 19.3 Å². The van der Waals surface area contributed by atoms with E-state index in [-0.39, 0.29) is 30.6 Å². The highest BCUT2D eigenvalue weighted by Crippen LogP contribution is 2.28. The van der Waals surface area contributed by atoms with E-state index >= 15 is 0 Å². The van der Waals surface area contributed by atoms with E-state index in [1.807, 2.05) is 0 Å². The minimum absolute atomic E-state index is 0.0296. The summed E-state index contributed by atoms with van der Waals surface area (Å²) in [7, 11) is 0. The number of hydrogen-bond donors (Lipinski definition) is 2. The highest BCUT2D eigenvalue weighted by atomic mass is 16.6. The van der Waals surface area contributed by atoms with Gasteiger partial charge in [-0.25, -0.2) is 4.79 Å².